The normalized spacial score (nSPS) is 18.0. The molecular formula is C17H21N5O2. The zero-order valence-electron chi connectivity index (χ0n) is 14.0. The predicted octanol–water partition coefficient (Wildman–Crippen LogP) is 0.259. The lowest BCUT2D eigenvalue weighted by atomic mass is 9.92. The van der Waals surface area contributed by atoms with Crippen LogP contribution < -0.4 is 11.1 Å². The highest BCUT2D eigenvalue weighted by atomic mass is 16.2. The molecule has 2 amide bonds. The van der Waals surface area contributed by atoms with Crippen molar-refractivity contribution < 1.29 is 9.59 Å². The molecular weight excluding hydrogens is 306 g/mol. The van der Waals surface area contributed by atoms with E-state index in [1.165, 1.54) is 4.90 Å². The Labute approximate surface area is 141 Å². The van der Waals surface area contributed by atoms with Crippen molar-refractivity contribution in [1.82, 2.24) is 15.1 Å². The fourth-order valence-electron chi connectivity index (χ4n) is 3.40. The molecule has 0 bridgehead atoms. The van der Waals surface area contributed by atoms with Crippen molar-refractivity contribution in [3.8, 4) is 6.07 Å². The molecule has 126 valence electrons. The highest BCUT2D eigenvalue weighted by molar-refractivity contribution is 6.24. The number of benzene rings is 1. The molecule has 1 aromatic carbocycles. The second-order valence-corrected chi connectivity index (χ2v) is 6.25. The van der Waals surface area contributed by atoms with Gasteiger partial charge in [-0.3, -0.25) is 19.4 Å². The molecule has 2 aliphatic rings. The largest absolute Gasteiger partial charge is 0.397 e. The quantitative estimate of drug-likeness (QED) is 0.610. The van der Waals surface area contributed by atoms with Crippen molar-refractivity contribution in [1.29, 1.82) is 5.26 Å². The van der Waals surface area contributed by atoms with Gasteiger partial charge in [-0.15, -0.1) is 0 Å². The molecule has 1 fully saturated rings. The Kier molecular flexibility index (Phi) is 4.26. The third-order valence-corrected chi connectivity index (χ3v) is 4.98. The Morgan fingerprint density at radius 3 is 2.33 bits per heavy atom. The Morgan fingerprint density at radius 2 is 1.71 bits per heavy atom. The van der Waals surface area contributed by atoms with Gasteiger partial charge in [-0.05, 0) is 25.0 Å². The molecule has 7 heteroatoms. The smallest absolute Gasteiger partial charge is 0.263 e. The number of amides is 2. The molecule has 2 heterocycles. The minimum atomic E-state index is -0.387. The highest BCUT2D eigenvalue weighted by Crippen LogP contribution is 2.35. The zero-order chi connectivity index (χ0) is 17.4. The van der Waals surface area contributed by atoms with Crippen LogP contribution >= 0.6 is 0 Å². The maximum absolute atomic E-state index is 12.7. The van der Waals surface area contributed by atoms with Gasteiger partial charge in [0.15, 0.2) is 0 Å². The van der Waals surface area contributed by atoms with Crippen molar-refractivity contribution in [2.24, 2.45) is 0 Å². The number of hydrogen-bond acceptors (Lipinski definition) is 6. The van der Waals surface area contributed by atoms with E-state index in [0.717, 1.165) is 26.2 Å². The minimum absolute atomic E-state index is 0.124. The van der Waals surface area contributed by atoms with Crippen LogP contribution in [0.15, 0.2) is 0 Å². The van der Waals surface area contributed by atoms with Crippen LogP contribution in [0.25, 0.3) is 0 Å². The molecule has 1 aromatic rings. The summed E-state index contributed by atoms with van der Waals surface area (Å²) in [5, 5.41) is 12.6. The summed E-state index contributed by atoms with van der Waals surface area (Å²) in [6, 6.07) is 2.05. The number of fused-ring (bicyclic) bond motifs is 1. The molecule has 7 nitrogen and oxygen atoms in total. The van der Waals surface area contributed by atoms with Crippen LogP contribution in [0.3, 0.4) is 0 Å². The van der Waals surface area contributed by atoms with Gasteiger partial charge in [-0.25, -0.2) is 0 Å². The van der Waals surface area contributed by atoms with Crippen LogP contribution in [0.5, 0.6) is 0 Å². The van der Waals surface area contributed by atoms with Gasteiger partial charge in [-0.2, -0.15) is 5.26 Å². The number of carbonyl (C=O) groups excluding carboxylic acids is 2. The van der Waals surface area contributed by atoms with Gasteiger partial charge in [0.25, 0.3) is 11.8 Å². The molecule has 1 saturated heterocycles. The lowest BCUT2D eigenvalue weighted by molar-refractivity contribution is 0.0633. The molecule has 3 N–H and O–H groups in total. The fraction of sp³-hybridized carbons (Fsp3) is 0.471. The van der Waals surface area contributed by atoms with Crippen molar-refractivity contribution in [2.75, 3.05) is 45.0 Å². The standard InChI is InChI=1S/C17H21N5O2/c1-10-11(2)13-14(15(19)12(10)9-18)17(24)22(16(13)23)8-7-21-5-3-20-4-6-21/h20H,3-8,19H2,1-2H3. The first-order valence-electron chi connectivity index (χ1n) is 8.09. The molecule has 0 aliphatic carbocycles. The van der Waals surface area contributed by atoms with Gasteiger partial charge >= 0.3 is 0 Å². The molecule has 0 atom stereocenters. The number of piperazine rings is 1. The van der Waals surface area contributed by atoms with E-state index >= 15 is 0 Å². The third kappa shape index (κ3) is 2.44. The second kappa shape index (κ2) is 6.23. The number of nitrogen functional groups attached to an aromatic ring is 1. The van der Waals surface area contributed by atoms with Crippen LogP contribution in [-0.2, 0) is 0 Å². The van der Waals surface area contributed by atoms with Crippen LogP contribution in [0.1, 0.15) is 37.4 Å². The number of nitriles is 1. The maximum Gasteiger partial charge on any atom is 0.263 e. The number of nitrogens with one attached hydrogen (secondary N) is 1. The topological polar surface area (TPSA) is 102 Å². The first kappa shape index (κ1) is 16.4. The number of anilines is 1. The number of rotatable bonds is 3. The number of imide groups is 1. The molecule has 0 unspecified atom stereocenters. The highest BCUT2D eigenvalue weighted by Gasteiger charge is 2.40. The Hall–Kier alpha value is -2.43. The number of hydrogen-bond donors (Lipinski definition) is 2. The van der Waals surface area contributed by atoms with E-state index in [-0.39, 0.29) is 28.6 Å². The average Bonchev–Trinajstić information content (AvgIpc) is 2.83. The van der Waals surface area contributed by atoms with Crippen LogP contribution in [0, 0.1) is 25.2 Å². The molecule has 0 aromatic heterocycles. The van der Waals surface area contributed by atoms with Gasteiger partial charge < -0.3 is 11.1 Å². The zero-order valence-corrected chi connectivity index (χ0v) is 14.0. The summed E-state index contributed by atoms with van der Waals surface area (Å²) in [4.78, 5) is 28.9. The summed E-state index contributed by atoms with van der Waals surface area (Å²) in [6.45, 7) is 8.15. The second-order valence-electron chi connectivity index (χ2n) is 6.25. The predicted molar refractivity (Wildman–Crippen MR) is 89.7 cm³/mol. The maximum atomic E-state index is 12.7. The minimum Gasteiger partial charge on any atom is -0.397 e. The SMILES string of the molecule is Cc1c(C)c2c(c(N)c1C#N)C(=O)N(CCN1CCNCC1)C2=O. The summed E-state index contributed by atoms with van der Waals surface area (Å²) >= 11 is 0. The molecule has 3 rings (SSSR count). The van der Waals surface area contributed by atoms with Crippen molar-refractivity contribution in [2.45, 2.75) is 13.8 Å². The first-order valence-corrected chi connectivity index (χ1v) is 8.09. The van der Waals surface area contributed by atoms with E-state index in [4.69, 9.17) is 5.73 Å². The number of nitrogens with zero attached hydrogens (tertiary/aromatic N) is 3. The van der Waals surface area contributed by atoms with Crippen LogP contribution in [-0.4, -0.2) is 60.9 Å². The van der Waals surface area contributed by atoms with Crippen molar-refractivity contribution in [3.63, 3.8) is 0 Å². The van der Waals surface area contributed by atoms with Gasteiger partial charge in [-0.1, -0.05) is 0 Å². The summed E-state index contributed by atoms with van der Waals surface area (Å²) < 4.78 is 0. The molecule has 2 aliphatic heterocycles. The Bertz CT molecular complexity index is 759. The van der Waals surface area contributed by atoms with E-state index in [1.807, 2.05) is 6.07 Å². The van der Waals surface area contributed by atoms with Crippen molar-refractivity contribution in [3.05, 3.63) is 27.8 Å². The summed E-state index contributed by atoms with van der Waals surface area (Å²) in [5.74, 6) is -0.691. The van der Waals surface area contributed by atoms with Gasteiger partial charge in [0, 0.05) is 39.3 Å². The summed E-state index contributed by atoms with van der Waals surface area (Å²) in [7, 11) is 0. The number of carbonyl (C=O) groups is 2. The van der Waals surface area contributed by atoms with Gasteiger partial charge in [0.2, 0.25) is 0 Å². The molecule has 0 saturated carbocycles. The summed E-state index contributed by atoms with van der Waals surface area (Å²) in [5.41, 5.74) is 8.32. The lowest BCUT2D eigenvalue weighted by Gasteiger charge is -2.28. The van der Waals surface area contributed by atoms with Crippen molar-refractivity contribution >= 4 is 17.5 Å². The Morgan fingerprint density at radius 1 is 1.08 bits per heavy atom. The van der Waals surface area contributed by atoms with Gasteiger partial charge in [0.05, 0.1) is 22.4 Å². The van der Waals surface area contributed by atoms with E-state index in [1.54, 1.807) is 13.8 Å². The van der Waals surface area contributed by atoms with E-state index in [2.05, 4.69) is 10.2 Å². The van der Waals surface area contributed by atoms with E-state index < -0.39 is 0 Å². The summed E-state index contributed by atoms with van der Waals surface area (Å²) in [6.07, 6.45) is 0. The Balaban J connectivity index is 1.90. The van der Waals surface area contributed by atoms with Gasteiger partial charge in [0.1, 0.15) is 6.07 Å². The van der Waals surface area contributed by atoms with Crippen LogP contribution in [0.4, 0.5) is 5.69 Å². The van der Waals surface area contributed by atoms with E-state index in [9.17, 15) is 14.9 Å². The monoisotopic (exact) mass is 327 g/mol. The van der Waals surface area contributed by atoms with E-state index in [0.29, 0.717) is 29.8 Å². The first-order chi connectivity index (χ1) is 11.5. The number of nitrogens with two attached hydrogens (primary N) is 1. The lowest BCUT2D eigenvalue weighted by Crippen LogP contribution is -2.47. The fourth-order valence-corrected chi connectivity index (χ4v) is 3.40. The third-order valence-electron chi connectivity index (χ3n) is 4.98. The van der Waals surface area contributed by atoms with Crippen LogP contribution in [0.2, 0.25) is 0 Å². The molecule has 0 spiro atoms. The molecule has 24 heavy (non-hydrogen) atoms. The average molecular weight is 327 g/mol. The molecule has 0 radical (unpaired) electrons.